The van der Waals surface area contributed by atoms with Gasteiger partial charge in [-0.25, -0.2) is 0 Å². The lowest BCUT2D eigenvalue weighted by molar-refractivity contribution is -0.363. The molecule has 8 fully saturated rings. The summed E-state index contributed by atoms with van der Waals surface area (Å²) in [6, 6.07) is 0. The zero-order valence-electron chi connectivity index (χ0n) is 31.3. The minimum Gasteiger partial charge on any atom is -0.393 e. The van der Waals surface area contributed by atoms with Crippen molar-refractivity contribution in [2.24, 2.45) is 52.3 Å². The smallest absolute Gasteiger partial charge is 0.187 e. The molecule has 4 saturated heterocycles. The van der Waals surface area contributed by atoms with E-state index >= 15 is 0 Å². The molecule has 4 saturated carbocycles. The lowest BCUT2D eigenvalue weighted by atomic mass is 9.43. The molecule has 6 N–H and O–H groups in total. The quantitative estimate of drug-likeness (QED) is 0.234. The van der Waals surface area contributed by atoms with Crippen LogP contribution in [0.3, 0.4) is 0 Å². The minimum absolute atomic E-state index is 0.0575. The van der Waals surface area contributed by atoms with E-state index in [1.54, 1.807) is 13.8 Å². The lowest BCUT2D eigenvalue weighted by Gasteiger charge is -2.63. The van der Waals surface area contributed by atoms with E-state index in [1.165, 1.54) is 0 Å². The predicted molar refractivity (Wildman–Crippen MR) is 182 cm³/mol. The van der Waals surface area contributed by atoms with Crippen LogP contribution in [-0.4, -0.2) is 123 Å². The third-order valence-electron chi connectivity index (χ3n) is 16.1. The lowest BCUT2D eigenvalue weighted by Crippen LogP contribution is -2.64. The molecule has 1 spiro atoms. The molecule has 4 heterocycles. The second-order valence-electron chi connectivity index (χ2n) is 18.8. The van der Waals surface area contributed by atoms with E-state index < -0.39 is 73.3 Å². The first-order valence-electron chi connectivity index (χ1n) is 20.1. The van der Waals surface area contributed by atoms with Crippen molar-refractivity contribution in [2.45, 2.75) is 185 Å². The van der Waals surface area contributed by atoms with Gasteiger partial charge in [0.05, 0.1) is 37.1 Å². The van der Waals surface area contributed by atoms with Gasteiger partial charge in [0.1, 0.15) is 36.6 Å². The Morgan fingerprint density at radius 3 is 2.02 bits per heavy atom. The first-order chi connectivity index (χ1) is 24.1. The van der Waals surface area contributed by atoms with Gasteiger partial charge in [-0.2, -0.15) is 0 Å². The second-order valence-corrected chi connectivity index (χ2v) is 18.8. The standard InChI is InChI=1S/C39H64O12/c1-17-7-12-39(46-16-17)18(2)28-27(51-39)15-24-22-14-26(25-13-21(40)8-10-37(25,5)23(22)9-11-38(24,28)6)49-36-33(45)34(30(42)20(4)48-36)50-35-32(44)31(43)29(41)19(3)47-35/h17-36,40-45H,7-16H2,1-6H3/t17-,18-,19-,20+,21-,22+,23-,24-,25-,26-,27-,28-,29-,30+,31+,32+,33+,34-,35-,36-,37+,38-,39+/m0/s1. The van der Waals surface area contributed by atoms with Gasteiger partial charge in [-0.1, -0.05) is 27.7 Å². The Balaban J connectivity index is 1.04. The van der Waals surface area contributed by atoms with Crippen LogP contribution < -0.4 is 0 Å². The van der Waals surface area contributed by atoms with Crippen LogP contribution in [0.15, 0.2) is 0 Å². The number of fused-ring (bicyclic) bond motifs is 7. The number of aliphatic hydroxyl groups excluding tert-OH is 6. The summed E-state index contributed by atoms with van der Waals surface area (Å²) in [4.78, 5) is 0. The summed E-state index contributed by atoms with van der Waals surface area (Å²) in [5, 5.41) is 65.0. The van der Waals surface area contributed by atoms with Crippen molar-refractivity contribution in [3.05, 3.63) is 0 Å². The molecule has 23 atom stereocenters. The maximum Gasteiger partial charge on any atom is 0.187 e. The topological polar surface area (TPSA) is 177 Å². The third-order valence-corrected chi connectivity index (χ3v) is 16.1. The third kappa shape index (κ3) is 5.83. The van der Waals surface area contributed by atoms with Crippen molar-refractivity contribution < 1.29 is 59.1 Å². The van der Waals surface area contributed by atoms with Crippen LogP contribution in [-0.2, 0) is 28.4 Å². The highest BCUT2D eigenvalue weighted by Gasteiger charge is 2.70. The van der Waals surface area contributed by atoms with E-state index in [0.29, 0.717) is 41.9 Å². The summed E-state index contributed by atoms with van der Waals surface area (Å²) in [7, 11) is 0. The van der Waals surface area contributed by atoms with E-state index in [1.807, 2.05) is 0 Å². The number of rotatable bonds is 4. The van der Waals surface area contributed by atoms with Crippen LogP contribution in [0.5, 0.6) is 0 Å². The summed E-state index contributed by atoms with van der Waals surface area (Å²) in [6.45, 7) is 13.5. The second kappa shape index (κ2) is 13.3. The maximum atomic E-state index is 11.7. The van der Waals surface area contributed by atoms with E-state index in [0.717, 1.165) is 58.0 Å². The van der Waals surface area contributed by atoms with E-state index in [9.17, 15) is 30.6 Å². The zero-order chi connectivity index (χ0) is 36.4. The Morgan fingerprint density at radius 2 is 1.31 bits per heavy atom. The van der Waals surface area contributed by atoms with Crippen LogP contribution in [0, 0.1) is 52.3 Å². The van der Waals surface area contributed by atoms with Crippen molar-refractivity contribution in [1.29, 1.82) is 0 Å². The molecule has 4 aliphatic heterocycles. The summed E-state index contributed by atoms with van der Waals surface area (Å²) >= 11 is 0. The Hall–Kier alpha value is -0.480. The summed E-state index contributed by atoms with van der Waals surface area (Å²) in [6.07, 6.45) is -4.60. The van der Waals surface area contributed by atoms with Gasteiger partial charge in [-0.05, 0) is 112 Å². The van der Waals surface area contributed by atoms with E-state index in [2.05, 4.69) is 27.7 Å². The number of hydrogen-bond donors (Lipinski definition) is 6. The number of aliphatic hydroxyl groups is 6. The van der Waals surface area contributed by atoms with Crippen molar-refractivity contribution in [2.75, 3.05) is 6.61 Å². The molecule has 0 aromatic rings. The van der Waals surface area contributed by atoms with Gasteiger partial charge in [0.25, 0.3) is 0 Å². The molecular weight excluding hydrogens is 660 g/mol. The molecule has 0 aromatic carbocycles. The van der Waals surface area contributed by atoms with Gasteiger partial charge in [0.2, 0.25) is 0 Å². The molecule has 8 aliphatic rings. The summed E-state index contributed by atoms with van der Waals surface area (Å²) in [5.41, 5.74) is 0.0492. The van der Waals surface area contributed by atoms with Gasteiger partial charge in [0.15, 0.2) is 18.4 Å². The predicted octanol–water partition coefficient (Wildman–Crippen LogP) is 2.47. The molecule has 0 aromatic heterocycles. The van der Waals surface area contributed by atoms with Crippen LogP contribution >= 0.6 is 0 Å². The van der Waals surface area contributed by atoms with Crippen LogP contribution in [0.4, 0.5) is 0 Å². The van der Waals surface area contributed by atoms with Gasteiger partial charge >= 0.3 is 0 Å². The molecule has 292 valence electrons. The minimum atomic E-state index is -1.59. The molecule has 8 rings (SSSR count). The van der Waals surface area contributed by atoms with E-state index in [4.69, 9.17) is 28.4 Å². The normalized spacial score (nSPS) is 61.4. The SMILES string of the molecule is C[C@H]1CC[C@@]2(OC1)O[C@H]1C[C@H]3[C@@H]4C[C@H](O[C@@H]5O[C@H](C)[C@@H](O)[C@H](O[C@@H]6O[C@@H](C)[C@H](O)[C@@H](O)[C@H]6O)[C@H]5O)[C@@H]5C[C@@H](O)CC[C@]5(C)[C@H]4CC[C@]3(C)[C@H]1[C@@H]2C. The van der Waals surface area contributed by atoms with E-state index in [-0.39, 0.29) is 29.0 Å². The van der Waals surface area contributed by atoms with Gasteiger partial charge < -0.3 is 59.1 Å². The van der Waals surface area contributed by atoms with Crippen molar-refractivity contribution in [1.82, 2.24) is 0 Å². The fraction of sp³-hybridized carbons (Fsp3) is 1.00. The highest BCUT2D eigenvalue weighted by atomic mass is 16.7. The number of hydrogen-bond acceptors (Lipinski definition) is 12. The molecule has 0 amide bonds. The first kappa shape index (κ1) is 37.4. The zero-order valence-corrected chi connectivity index (χ0v) is 31.3. The largest absolute Gasteiger partial charge is 0.393 e. The molecule has 12 heteroatoms. The average Bonchev–Trinajstić information content (AvgIpc) is 3.54. The number of ether oxygens (including phenoxy) is 6. The van der Waals surface area contributed by atoms with Crippen molar-refractivity contribution in [3.8, 4) is 0 Å². The molecule has 0 radical (unpaired) electrons. The maximum absolute atomic E-state index is 11.7. The fourth-order valence-electron chi connectivity index (χ4n) is 13.1. The fourth-order valence-corrected chi connectivity index (χ4v) is 13.1. The first-order valence-corrected chi connectivity index (χ1v) is 20.1. The molecular formula is C39H64O12. The Kier molecular flexibility index (Phi) is 9.79. The van der Waals surface area contributed by atoms with Crippen LogP contribution in [0.1, 0.15) is 99.3 Å². The van der Waals surface area contributed by atoms with Gasteiger partial charge in [-0.3, -0.25) is 0 Å². The Labute approximate surface area is 302 Å². The van der Waals surface area contributed by atoms with Crippen molar-refractivity contribution in [3.63, 3.8) is 0 Å². The van der Waals surface area contributed by atoms with Crippen LogP contribution in [0.2, 0.25) is 0 Å². The monoisotopic (exact) mass is 724 g/mol. The van der Waals surface area contributed by atoms with Gasteiger partial charge in [-0.15, -0.1) is 0 Å². The highest BCUT2D eigenvalue weighted by molar-refractivity contribution is 5.16. The Morgan fingerprint density at radius 1 is 0.627 bits per heavy atom. The summed E-state index contributed by atoms with van der Waals surface area (Å²) in [5.74, 6) is 2.22. The molecule has 12 nitrogen and oxygen atoms in total. The highest BCUT2D eigenvalue weighted by Crippen LogP contribution is 2.71. The molecule has 0 bridgehead atoms. The van der Waals surface area contributed by atoms with Crippen molar-refractivity contribution >= 4 is 0 Å². The molecule has 51 heavy (non-hydrogen) atoms. The van der Waals surface area contributed by atoms with Gasteiger partial charge in [0, 0.05) is 12.3 Å². The average molecular weight is 725 g/mol. The Bertz CT molecular complexity index is 1260. The molecule has 0 unspecified atom stereocenters. The van der Waals surface area contributed by atoms with Crippen LogP contribution in [0.25, 0.3) is 0 Å². The molecule has 4 aliphatic carbocycles. The summed E-state index contributed by atoms with van der Waals surface area (Å²) < 4.78 is 38.2.